The summed E-state index contributed by atoms with van der Waals surface area (Å²) < 4.78 is 5.21. The molecule has 0 saturated carbocycles. The highest BCUT2D eigenvalue weighted by Gasteiger charge is 2.20. The molecule has 0 saturated heterocycles. The van der Waals surface area contributed by atoms with Crippen molar-refractivity contribution in [2.45, 2.75) is 38.5 Å². The molecular weight excluding hydrogens is 412 g/mol. The molecule has 3 aromatic rings. The minimum Gasteiger partial charge on any atom is -0.361 e. The molecule has 0 atom stereocenters. The SMILES string of the molecule is Cc1cccc(C)c1NC(=O)CN(C)C(=O)c1cccnc1SCc1c(C)noc1C. The average molecular weight is 439 g/mol. The van der Waals surface area contributed by atoms with E-state index in [0.717, 1.165) is 33.8 Å². The third-order valence-corrected chi connectivity index (χ3v) is 6.04. The molecule has 0 unspecified atom stereocenters. The summed E-state index contributed by atoms with van der Waals surface area (Å²) in [6, 6.07) is 9.27. The fourth-order valence-electron chi connectivity index (χ4n) is 3.20. The lowest BCUT2D eigenvalue weighted by atomic mass is 10.1. The van der Waals surface area contributed by atoms with Crippen molar-refractivity contribution < 1.29 is 14.1 Å². The van der Waals surface area contributed by atoms with Gasteiger partial charge in [-0.25, -0.2) is 4.98 Å². The highest BCUT2D eigenvalue weighted by molar-refractivity contribution is 7.98. The van der Waals surface area contributed by atoms with Crippen LogP contribution in [0.1, 0.15) is 38.5 Å². The molecule has 3 rings (SSSR count). The predicted molar refractivity (Wildman–Crippen MR) is 121 cm³/mol. The quantitative estimate of drug-likeness (QED) is 0.553. The number of hydrogen-bond donors (Lipinski definition) is 1. The summed E-state index contributed by atoms with van der Waals surface area (Å²) in [7, 11) is 1.61. The number of nitrogens with zero attached hydrogens (tertiary/aromatic N) is 3. The first kappa shape index (κ1) is 22.6. The number of amides is 2. The van der Waals surface area contributed by atoms with Gasteiger partial charge in [-0.1, -0.05) is 23.4 Å². The van der Waals surface area contributed by atoms with Gasteiger partial charge < -0.3 is 14.7 Å². The van der Waals surface area contributed by atoms with Gasteiger partial charge in [0, 0.05) is 30.2 Å². The molecule has 2 heterocycles. The number of anilines is 1. The van der Waals surface area contributed by atoms with Crippen LogP contribution >= 0.6 is 11.8 Å². The second-order valence-corrected chi connectivity index (χ2v) is 8.39. The summed E-state index contributed by atoms with van der Waals surface area (Å²) >= 11 is 1.45. The number of rotatable bonds is 7. The minimum atomic E-state index is -0.258. The van der Waals surface area contributed by atoms with Gasteiger partial charge in [-0.05, 0) is 51.0 Å². The van der Waals surface area contributed by atoms with Gasteiger partial charge in [0.2, 0.25) is 5.91 Å². The molecule has 0 fully saturated rings. The summed E-state index contributed by atoms with van der Waals surface area (Å²) in [5, 5.41) is 7.49. The van der Waals surface area contributed by atoms with Gasteiger partial charge in [-0.3, -0.25) is 9.59 Å². The van der Waals surface area contributed by atoms with Gasteiger partial charge in [0.15, 0.2) is 0 Å². The highest BCUT2D eigenvalue weighted by Crippen LogP contribution is 2.27. The molecule has 0 bridgehead atoms. The van der Waals surface area contributed by atoms with E-state index in [2.05, 4.69) is 15.5 Å². The number of likely N-dealkylation sites (N-methyl/N-ethyl adjacent to an activating group) is 1. The number of carbonyl (C=O) groups is 2. The smallest absolute Gasteiger partial charge is 0.256 e. The fraction of sp³-hybridized carbons (Fsp3) is 0.304. The number of hydrogen-bond acceptors (Lipinski definition) is 6. The van der Waals surface area contributed by atoms with E-state index in [-0.39, 0.29) is 18.4 Å². The Morgan fingerprint density at radius 1 is 1.10 bits per heavy atom. The molecule has 0 spiro atoms. The highest BCUT2D eigenvalue weighted by atomic mass is 32.2. The summed E-state index contributed by atoms with van der Waals surface area (Å²) in [5.41, 5.74) is 5.02. The largest absolute Gasteiger partial charge is 0.361 e. The third kappa shape index (κ3) is 5.32. The zero-order valence-corrected chi connectivity index (χ0v) is 19.2. The minimum absolute atomic E-state index is 0.0600. The Morgan fingerprint density at radius 3 is 2.45 bits per heavy atom. The molecule has 1 aromatic carbocycles. The van der Waals surface area contributed by atoms with Crippen molar-refractivity contribution in [2.75, 3.05) is 18.9 Å². The van der Waals surface area contributed by atoms with Gasteiger partial charge in [0.25, 0.3) is 5.91 Å². The fourth-order valence-corrected chi connectivity index (χ4v) is 4.34. The van der Waals surface area contributed by atoms with Crippen LogP contribution in [0.2, 0.25) is 0 Å². The first-order valence-corrected chi connectivity index (χ1v) is 10.9. The van der Waals surface area contributed by atoms with Crippen molar-refractivity contribution in [3.8, 4) is 0 Å². The number of benzene rings is 1. The van der Waals surface area contributed by atoms with Crippen molar-refractivity contribution in [1.82, 2.24) is 15.0 Å². The number of aryl methyl sites for hydroxylation is 4. The zero-order chi connectivity index (χ0) is 22.5. The molecule has 162 valence electrons. The molecule has 1 N–H and O–H groups in total. The summed E-state index contributed by atoms with van der Waals surface area (Å²) in [6.45, 7) is 7.57. The number of thioether (sulfide) groups is 1. The summed E-state index contributed by atoms with van der Waals surface area (Å²) in [5.74, 6) is 0.844. The van der Waals surface area contributed by atoms with Crippen molar-refractivity contribution in [3.05, 3.63) is 70.2 Å². The Bertz CT molecular complexity index is 1070. The lowest BCUT2D eigenvalue weighted by Crippen LogP contribution is -2.35. The van der Waals surface area contributed by atoms with Gasteiger partial charge in [-0.15, -0.1) is 11.8 Å². The van der Waals surface area contributed by atoms with E-state index >= 15 is 0 Å². The maximum atomic E-state index is 13.0. The Labute approximate surface area is 186 Å². The maximum Gasteiger partial charge on any atom is 0.256 e. The van der Waals surface area contributed by atoms with E-state index in [9.17, 15) is 9.59 Å². The lowest BCUT2D eigenvalue weighted by molar-refractivity contribution is -0.116. The van der Waals surface area contributed by atoms with E-state index in [1.165, 1.54) is 16.7 Å². The van der Waals surface area contributed by atoms with E-state index in [4.69, 9.17) is 4.52 Å². The van der Waals surface area contributed by atoms with Crippen LogP contribution in [0.3, 0.4) is 0 Å². The van der Waals surface area contributed by atoms with Gasteiger partial charge in [0.05, 0.1) is 17.8 Å². The predicted octanol–water partition coefficient (Wildman–Crippen LogP) is 4.31. The van der Waals surface area contributed by atoms with E-state index in [1.807, 2.05) is 45.9 Å². The monoisotopic (exact) mass is 438 g/mol. The molecule has 2 aromatic heterocycles. The lowest BCUT2D eigenvalue weighted by Gasteiger charge is -2.19. The number of nitrogens with one attached hydrogen (secondary N) is 1. The van der Waals surface area contributed by atoms with Crippen LogP contribution in [0.5, 0.6) is 0 Å². The van der Waals surface area contributed by atoms with Crippen molar-refractivity contribution in [2.24, 2.45) is 0 Å². The van der Waals surface area contributed by atoms with E-state index in [1.54, 1.807) is 25.4 Å². The normalized spacial score (nSPS) is 10.7. The van der Waals surface area contributed by atoms with Crippen LogP contribution in [0.25, 0.3) is 0 Å². The summed E-state index contributed by atoms with van der Waals surface area (Å²) in [4.78, 5) is 31.4. The molecular formula is C23H26N4O3S. The standard InChI is InChI=1S/C23H26N4O3S/c1-14-8-6-9-15(2)21(14)25-20(28)12-27(5)23(29)18-10-7-11-24-22(18)31-13-19-16(3)26-30-17(19)4/h6-11H,12-13H2,1-5H3,(H,25,28). The van der Waals surface area contributed by atoms with E-state index in [0.29, 0.717) is 16.3 Å². The Balaban J connectivity index is 1.68. The van der Waals surface area contributed by atoms with Crippen LogP contribution in [-0.4, -0.2) is 40.4 Å². The molecule has 0 radical (unpaired) electrons. The summed E-state index contributed by atoms with van der Waals surface area (Å²) in [6.07, 6.45) is 1.65. The molecule has 31 heavy (non-hydrogen) atoms. The maximum absolute atomic E-state index is 13.0. The van der Waals surface area contributed by atoms with Crippen molar-refractivity contribution in [1.29, 1.82) is 0 Å². The van der Waals surface area contributed by atoms with Gasteiger partial charge in [-0.2, -0.15) is 0 Å². The molecule has 8 heteroatoms. The molecule has 0 aliphatic carbocycles. The van der Waals surface area contributed by atoms with Gasteiger partial charge >= 0.3 is 0 Å². The van der Waals surface area contributed by atoms with Crippen molar-refractivity contribution in [3.63, 3.8) is 0 Å². The molecule has 7 nitrogen and oxygen atoms in total. The van der Waals surface area contributed by atoms with Gasteiger partial charge in [0.1, 0.15) is 10.8 Å². The number of para-hydroxylation sites is 1. The number of carbonyl (C=O) groups excluding carboxylic acids is 2. The molecule has 0 aliphatic heterocycles. The Kier molecular flexibility index (Phi) is 7.12. The molecule has 0 aliphatic rings. The van der Waals surface area contributed by atoms with Crippen LogP contribution in [-0.2, 0) is 10.5 Å². The van der Waals surface area contributed by atoms with Crippen molar-refractivity contribution >= 4 is 29.3 Å². The second kappa shape index (κ2) is 9.78. The average Bonchev–Trinajstić information content (AvgIpc) is 3.06. The van der Waals surface area contributed by atoms with Crippen LogP contribution < -0.4 is 5.32 Å². The van der Waals surface area contributed by atoms with Crippen LogP contribution in [0, 0.1) is 27.7 Å². The van der Waals surface area contributed by atoms with Crippen LogP contribution in [0.4, 0.5) is 5.69 Å². The topological polar surface area (TPSA) is 88.3 Å². The number of aromatic nitrogens is 2. The van der Waals surface area contributed by atoms with E-state index < -0.39 is 0 Å². The Hall–Kier alpha value is -3.13. The number of pyridine rings is 1. The third-order valence-electron chi connectivity index (χ3n) is 5.01. The zero-order valence-electron chi connectivity index (χ0n) is 18.4. The second-order valence-electron chi connectivity index (χ2n) is 7.42. The molecule has 2 amide bonds. The Morgan fingerprint density at radius 2 is 1.81 bits per heavy atom. The van der Waals surface area contributed by atoms with Crippen LogP contribution in [0.15, 0.2) is 46.1 Å². The first-order chi connectivity index (χ1) is 14.8. The first-order valence-electron chi connectivity index (χ1n) is 9.89.